The molecule has 0 saturated heterocycles. The number of pyridine rings is 1. The van der Waals surface area contributed by atoms with Crippen molar-refractivity contribution in [1.82, 2.24) is 4.98 Å². The van der Waals surface area contributed by atoms with E-state index in [1.165, 1.54) is 0 Å². The number of anilines is 1. The highest BCUT2D eigenvalue weighted by atomic mass is 35.5. The van der Waals surface area contributed by atoms with Gasteiger partial charge in [-0.15, -0.1) is 0 Å². The predicted molar refractivity (Wildman–Crippen MR) is 64.9 cm³/mol. The van der Waals surface area contributed by atoms with Gasteiger partial charge in [0, 0.05) is 6.07 Å². The monoisotopic (exact) mass is 234 g/mol. The van der Waals surface area contributed by atoms with Crippen molar-refractivity contribution in [1.29, 1.82) is 0 Å². The van der Waals surface area contributed by atoms with Crippen molar-refractivity contribution in [2.24, 2.45) is 0 Å². The Morgan fingerprint density at radius 2 is 2.06 bits per heavy atom. The number of nitrogen functional groups attached to an aromatic ring is 1. The molecule has 0 radical (unpaired) electrons. The van der Waals surface area contributed by atoms with Gasteiger partial charge in [-0.3, -0.25) is 0 Å². The smallest absolute Gasteiger partial charge is 0.219 e. The number of hydrogen-bond acceptors (Lipinski definition) is 3. The zero-order chi connectivity index (χ0) is 11.5. The molecule has 0 aliphatic carbocycles. The molecule has 82 valence electrons. The minimum Gasteiger partial charge on any atom is -0.437 e. The maximum absolute atomic E-state index is 5.97. The summed E-state index contributed by atoms with van der Waals surface area (Å²) in [6.07, 6.45) is 1.57. The van der Waals surface area contributed by atoms with Gasteiger partial charge in [-0.2, -0.15) is 0 Å². The van der Waals surface area contributed by atoms with E-state index >= 15 is 0 Å². The average Bonchev–Trinajstić information content (AvgIpc) is 2.27. The number of aromatic nitrogens is 1. The van der Waals surface area contributed by atoms with Crippen molar-refractivity contribution in [2.75, 3.05) is 5.73 Å². The average molecular weight is 235 g/mol. The molecule has 0 amide bonds. The van der Waals surface area contributed by atoms with E-state index < -0.39 is 0 Å². The SMILES string of the molecule is Cc1cc(Oc2ccccc2Cl)ncc1N. The first-order valence-corrected chi connectivity index (χ1v) is 5.19. The molecule has 0 unspecified atom stereocenters. The van der Waals surface area contributed by atoms with Crippen LogP contribution < -0.4 is 10.5 Å². The van der Waals surface area contributed by atoms with E-state index in [4.69, 9.17) is 22.1 Å². The Kier molecular flexibility index (Phi) is 2.97. The molecular formula is C12H11ClN2O. The highest BCUT2D eigenvalue weighted by molar-refractivity contribution is 6.32. The zero-order valence-corrected chi connectivity index (χ0v) is 9.53. The fraction of sp³-hybridized carbons (Fsp3) is 0.0833. The minimum atomic E-state index is 0.486. The van der Waals surface area contributed by atoms with Gasteiger partial charge in [0.2, 0.25) is 5.88 Å². The Balaban J connectivity index is 2.28. The third-order valence-electron chi connectivity index (χ3n) is 2.18. The van der Waals surface area contributed by atoms with Crippen LogP contribution in [0.15, 0.2) is 36.5 Å². The lowest BCUT2D eigenvalue weighted by molar-refractivity contribution is 0.463. The first-order chi connectivity index (χ1) is 7.66. The second kappa shape index (κ2) is 4.41. The fourth-order valence-corrected chi connectivity index (χ4v) is 1.41. The molecule has 0 atom stereocenters. The number of benzene rings is 1. The van der Waals surface area contributed by atoms with Crippen LogP contribution in [0.3, 0.4) is 0 Å². The molecule has 2 rings (SSSR count). The van der Waals surface area contributed by atoms with E-state index in [1.807, 2.05) is 19.1 Å². The molecule has 0 aliphatic heterocycles. The van der Waals surface area contributed by atoms with Gasteiger partial charge in [-0.25, -0.2) is 4.98 Å². The van der Waals surface area contributed by atoms with E-state index in [9.17, 15) is 0 Å². The van der Waals surface area contributed by atoms with Crippen LogP contribution in [0.25, 0.3) is 0 Å². The Morgan fingerprint density at radius 3 is 2.75 bits per heavy atom. The normalized spacial score (nSPS) is 10.1. The highest BCUT2D eigenvalue weighted by Crippen LogP contribution is 2.28. The number of halogens is 1. The quantitative estimate of drug-likeness (QED) is 0.866. The summed E-state index contributed by atoms with van der Waals surface area (Å²) in [6, 6.07) is 9.03. The Bertz CT molecular complexity index is 514. The number of rotatable bonds is 2. The summed E-state index contributed by atoms with van der Waals surface area (Å²) in [4.78, 5) is 4.07. The number of para-hydroxylation sites is 1. The standard InChI is InChI=1S/C12H11ClN2O/c1-8-6-12(15-7-10(8)14)16-11-5-3-2-4-9(11)13/h2-7H,14H2,1H3. The van der Waals surface area contributed by atoms with E-state index in [1.54, 1.807) is 24.4 Å². The first kappa shape index (κ1) is 10.8. The van der Waals surface area contributed by atoms with Crippen LogP contribution in [0.5, 0.6) is 11.6 Å². The van der Waals surface area contributed by atoms with Crippen molar-refractivity contribution in [3.63, 3.8) is 0 Å². The van der Waals surface area contributed by atoms with Crippen LogP contribution in [-0.2, 0) is 0 Å². The van der Waals surface area contributed by atoms with Crippen molar-refractivity contribution in [3.8, 4) is 11.6 Å². The van der Waals surface area contributed by atoms with Crippen LogP contribution in [0, 0.1) is 6.92 Å². The molecule has 1 heterocycles. The summed E-state index contributed by atoms with van der Waals surface area (Å²) < 4.78 is 5.55. The Morgan fingerprint density at radius 1 is 1.31 bits per heavy atom. The van der Waals surface area contributed by atoms with Crippen molar-refractivity contribution in [3.05, 3.63) is 47.1 Å². The van der Waals surface area contributed by atoms with Crippen LogP contribution in [0.2, 0.25) is 5.02 Å². The lowest BCUT2D eigenvalue weighted by atomic mass is 10.2. The molecule has 2 aromatic rings. The maximum atomic E-state index is 5.97. The van der Waals surface area contributed by atoms with E-state index in [-0.39, 0.29) is 0 Å². The second-order valence-electron chi connectivity index (χ2n) is 3.41. The largest absolute Gasteiger partial charge is 0.437 e. The van der Waals surface area contributed by atoms with Crippen molar-refractivity contribution < 1.29 is 4.74 Å². The lowest BCUT2D eigenvalue weighted by Crippen LogP contribution is -1.94. The molecule has 1 aromatic heterocycles. The van der Waals surface area contributed by atoms with Gasteiger partial charge in [-0.1, -0.05) is 23.7 Å². The molecule has 0 saturated carbocycles. The number of ether oxygens (including phenoxy) is 1. The molecule has 3 nitrogen and oxygen atoms in total. The molecule has 0 bridgehead atoms. The van der Waals surface area contributed by atoms with Gasteiger partial charge in [0.25, 0.3) is 0 Å². The van der Waals surface area contributed by atoms with Gasteiger partial charge in [0.15, 0.2) is 0 Å². The molecule has 0 spiro atoms. The lowest BCUT2D eigenvalue weighted by Gasteiger charge is -2.07. The van der Waals surface area contributed by atoms with Gasteiger partial charge in [-0.05, 0) is 24.6 Å². The van der Waals surface area contributed by atoms with Gasteiger partial charge in [0.1, 0.15) is 5.75 Å². The van der Waals surface area contributed by atoms with Gasteiger partial charge >= 0.3 is 0 Å². The maximum Gasteiger partial charge on any atom is 0.219 e. The van der Waals surface area contributed by atoms with Crippen molar-refractivity contribution >= 4 is 17.3 Å². The van der Waals surface area contributed by atoms with Crippen LogP contribution in [-0.4, -0.2) is 4.98 Å². The number of nitrogens with zero attached hydrogens (tertiary/aromatic N) is 1. The summed E-state index contributed by atoms with van der Waals surface area (Å²) >= 11 is 5.97. The van der Waals surface area contributed by atoms with Crippen LogP contribution >= 0.6 is 11.6 Å². The molecule has 2 N–H and O–H groups in total. The minimum absolute atomic E-state index is 0.486. The van der Waals surface area contributed by atoms with E-state index in [2.05, 4.69) is 4.98 Å². The first-order valence-electron chi connectivity index (χ1n) is 4.81. The van der Waals surface area contributed by atoms with E-state index in [0.29, 0.717) is 22.3 Å². The summed E-state index contributed by atoms with van der Waals surface area (Å²) in [5.74, 6) is 1.07. The summed E-state index contributed by atoms with van der Waals surface area (Å²) in [5, 5.41) is 0.554. The second-order valence-corrected chi connectivity index (χ2v) is 3.82. The number of hydrogen-bond donors (Lipinski definition) is 1. The number of nitrogens with two attached hydrogens (primary N) is 1. The van der Waals surface area contributed by atoms with Crippen LogP contribution in [0.1, 0.15) is 5.56 Å². The molecule has 4 heteroatoms. The number of aryl methyl sites for hydroxylation is 1. The summed E-state index contributed by atoms with van der Waals surface area (Å²) in [5.41, 5.74) is 7.24. The predicted octanol–water partition coefficient (Wildman–Crippen LogP) is 3.42. The third kappa shape index (κ3) is 2.25. The van der Waals surface area contributed by atoms with Gasteiger partial charge in [0.05, 0.1) is 16.9 Å². The molecule has 1 aromatic carbocycles. The topological polar surface area (TPSA) is 48.1 Å². The van der Waals surface area contributed by atoms with Gasteiger partial charge < -0.3 is 10.5 Å². The Hall–Kier alpha value is -1.74. The Labute approximate surface area is 98.8 Å². The summed E-state index contributed by atoms with van der Waals surface area (Å²) in [7, 11) is 0. The van der Waals surface area contributed by atoms with Crippen molar-refractivity contribution in [2.45, 2.75) is 6.92 Å². The fourth-order valence-electron chi connectivity index (χ4n) is 1.24. The summed E-state index contributed by atoms with van der Waals surface area (Å²) in [6.45, 7) is 1.90. The molecular weight excluding hydrogens is 224 g/mol. The van der Waals surface area contributed by atoms with E-state index in [0.717, 1.165) is 5.56 Å². The zero-order valence-electron chi connectivity index (χ0n) is 8.77. The third-order valence-corrected chi connectivity index (χ3v) is 2.49. The highest BCUT2D eigenvalue weighted by Gasteiger charge is 2.04. The van der Waals surface area contributed by atoms with Crippen LogP contribution in [0.4, 0.5) is 5.69 Å². The molecule has 16 heavy (non-hydrogen) atoms. The molecule has 0 fully saturated rings. The molecule has 0 aliphatic rings.